The van der Waals surface area contributed by atoms with Crippen molar-refractivity contribution < 1.29 is 13.9 Å². The number of aromatic nitrogens is 4. The number of nitrogen functional groups attached to an aromatic ring is 1. The minimum Gasteiger partial charge on any atom is -0.493 e. The maximum Gasteiger partial charge on any atom is 0.264 e. The summed E-state index contributed by atoms with van der Waals surface area (Å²) in [6, 6.07) is 9.04. The Morgan fingerprint density at radius 2 is 1.97 bits per heavy atom. The van der Waals surface area contributed by atoms with Gasteiger partial charge in [0.25, 0.3) is 5.56 Å². The van der Waals surface area contributed by atoms with Gasteiger partial charge in [-0.05, 0) is 49.6 Å². The molecule has 196 valence electrons. The zero-order valence-electron chi connectivity index (χ0n) is 21.3. The number of rotatable bonds is 9. The molecule has 1 saturated carbocycles. The van der Waals surface area contributed by atoms with Crippen molar-refractivity contribution >= 4 is 28.3 Å². The van der Waals surface area contributed by atoms with E-state index >= 15 is 0 Å². The quantitative estimate of drug-likeness (QED) is 0.280. The number of hydrogen-bond donors (Lipinski definition) is 3. The molecule has 2 aromatic heterocycles. The minimum atomic E-state index is -0.587. The van der Waals surface area contributed by atoms with Crippen molar-refractivity contribution in [3.63, 3.8) is 0 Å². The third-order valence-corrected chi connectivity index (χ3v) is 6.65. The van der Waals surface area contributed by atoms with Crippen LogP contribution in [0.25, 0.3) is 10.9 Å². The SMILES string of the molecule is CCC(Nc1ncnc(N)c1C(=N)c1ccc(OC)c(OC)c1)c1nc2cccc(F)c2c(=O)n1C1CC1. The fraction of sp³-hybridized carbons (Fsp3) is 0.296. The van der Waals surface area contributed by atoms with E-state index in [-0.39, 0.29) is 23.0 Å². The lowest BCUT2D eigenvalue weighted by molar-refractivity contribution is 0.355. The Labute approximate surface area is 218 Å². The Morgan fingerprint density at radius 3 is 2.66 bits per heavy atom. The van der Waals surface area contributed by atoms with Crippen molar-refractivity contribution in [3.8, 4) is 11.5 Å². The van der Waals surface area contributed by atoms with E-state index < -0.39 is 17.4 Å². The van der Waals surface area contributed by atoms with Gasteiger partial charge in [-0.2, -0.15) is 0 Å². The van der Waals surface area contributed by atoms with Crippen LogP contribution in [-0.4, -0.2) is 39.5 Å². The Bertz CT molecular complexity index is 1600. The summed E-state index contributed by atoms with van der Waals surface area (Å²) in [7, 11) is 3.06. The van der Waals surface area contributed by atoms with Gasteiger partial charge in [0.1, 0.15) is 35.0 Å². The molecule has 0 bridgehead atoms. The molecule has 11 heteroatoms. The molecule has 10 nitrogen and oxygen atoms in total. The molecule has 0 saturated heterocycles. The molecule has 0 spiro atoms. The number of methoxy groups -OCH3 is 2. The van der Waals surface area contributed by atoms with E-state index in [9.17, 15) is 9.18 Å². The zero-order chi connectivity index (χ0) is 27.0. The Morgan fingerprint density at radius 1 is 1.21 bits per heavy atom. The summed E-state index contributed by atoms with van der Waals surface area (Å²) in [4.78, 5) is 26.6. The standard InChI is InChI=1S/C27H28FN7O3/c1-4-17(26-34-18-7-5-6-16(28)21(18)27(36)35(26)15-9-10-15)33-25-22(24(30)31-13-32-25)23(29)14-8-11-19(37-2)20(12-14)38-3/h5-8,11-13,15,17,29H,4,9-10H2,1-3H3,(H3,30,31,32,33). The van der Waals surface area contributed by atoms with Crippen LogP contribution in [0.2, 0.25) is 0 Å². The van der Waals surface area contributed by atoms with Crippen LogP contribution < -0.4 is 26.1 Å². The molecule has 38 heavy (non-hydrogen) atoms. The molecule has 0 radical (unpaired) electrons. The van der Waals surface area contributed by atoms with Gasteiger partial charge in [0.15, 0.2) is 11.5 Å². The number of fused-ring (bicyclic) bond motifs is 1. The number of ether oxygens (including phenoxy) is 2. The van der Waals surface area contributed by atoms with Gasteiger partial charge in [0, 0.05) is 11.6 Å². The van der Waals surface area contributed by atoms with Crippen molar-refractivity contribution in [2.75, 3.05) is 25.3 Å². The number of anilines is 2. The summed E-state index contributed by atoms with van der Waals surface area (Å²) < 4.78 is 26.9. The van der Waals surface area contributed by atoms with Crippen LogP contribution in [0.4, 0.5) is 16.0 Å². The molecule has 0 amide bonds. The van der Waals surface area contributed by atoms with Gasteiger partial charge in [-0.15, -0.1) is 0 Å². The van der Waals surface area contributed by atoms with E-state index in [2.05, 4.69) is 15.3 Å². The van der Waals surface area contributed by atoms with E-state index in [1.165, 1.54) is 32.7 Å². The van der Waals surface area contributed by atoms with E-state index in [0.717, 1.165) is 12.8 Å². The fourth-order valence-corrected chi connectivity index (χ4v) is 4.56. The van der Waals surface area contributed by atoms with Crippen molar-refractivity contribution in [1.82, 2.24) is 19.5 Å². The third-order valence-electron chi connectivity index (χ3n) is 6.65. The number of nitrogens with two attached hydrogens (primary N) is 1. The van der Waals surface area contributed by atoms with Crippen LogP contribution in [0.3, 0.4) is 0 Å². The van der Waals surface area contributed by atoms with E-state index in [1.807, 2.05) is 6.92 Å². The van der Waals surface area contributed by atoms with Crippen LogP contribution in [0.15, 0.2) is 47.5 Å². The smallest absolute Gasteiger partial charge is 0.264 e. The molecule has 1 atom stereocenters. The van der Waals surface area contributed by atoms with Gasteiger partial charge in [-0.3, -0.25) is 14.8 Å². The number of hydrogen-bond acceptors (Lipinski definition) is 9. The Kier molecular flexibility index (Phi) is 6.66. The number of halogens is 1. The topological polar surface area (TPSA) is 141 Å². The molecular weight excluding hydrogens is 489 g/mol. The first-order valence-electron chi connectivity index (χ1n) is 12.3. The maximum atomic E-state index is 14.6. The second-order valence-electron chi connectivity index (χ2n) is 9.04. The van der Waals surface area contributed by atoms with Gasteiger partial charge in [0.05, 0.1) is 37.1 Å². The molecule has 1 unspecified atom stereocenters. The van der Waals surface area contributed by atoms with E-state index in [0.29, 0.717) is 46.2 Å². The molecule has 4 N–H and O–H groups in total. The van der Waals surface area contributed by atoms with Crippen molar-refractivity contribution in [3.05, 3.63) is 75.8 Å². The predicted octanol–water partition coefficient (Wildman–Crippen LogP) is 4.24. The molecule has 2 aromatic carbocycles. The number of nitrogens with one attached hydrogen (secondary N) is 2. The maximum absolute atomic E-state index is 14.6. The molecule has 1 fully saturated rings. The average Bonchev–Trinajstić information content (AvgIpc) is 3.76. The lowest BCUT2D eigenvalue weighted by Gasteiger charge is -2.23. The van der Waals surface area contributed by atoms with Crippen molar-refractivity contribution in [2.45, 2.75) is 38.3 Å². The second kappa shape index (κ2) is 10.1. The third kappa shape index (κ3) is 4.40. The van der Waals surface area contributed by atoms with Gasteiger partial charge in [-0.1, -0.05) is 13.0 Å². The van der Waals surface area contributed by atoms with Gasteiger partial charge in [0.2, 0.25) is 0 Å². The van der Waals surface area contributed by atoms with Crippen molar-refractivity contribution in [2.24, 2.45) is 0 Å². The van der Waals surface area contributed by atoms with Gasteiger partial charge < -0.3 is 20.5 Å². The molecule has 0 aliphatic heterocycles. The summed E-state index contributed by atoms with van der Waals surface area (Å²) >= 11 is 0. The number of nitrogens with zero attached hydrogens (tertiary/aromatic N) is 4. The molecular formula is C27H28FN7O3. The predicted molar refractivity (Wildman–Crippen MR) is 143 cm³/mol. The van der Waals surface area contributed by atoms with Crippen LogP contribution in [-0.2, 0) is 0 Å². The summed E-state index contributed by atoms with van der Waals surface area (Å²) in [6.07, 6.45) is 3.49. The second-order valence-corrected chi connectivity index (χ2v) is 9.04. The average molecular weight is 518 g/mol. The normalized spacial score (nSPS) is 13.8. The molecule has 5 rings (SSSR count). The highest BCUT2D eigenvalue weighted by Crippen LogP contribution is 2.37. The van der Waals surface area contributed by atoms with Crippen LogP contribution >= 0.6 is 0 Å². The molecule has 1 aliphatic rings. The van der Waals surface area contributed by atoms with Gasteiger partial charge >= 0.3 is 0 Å². The van der Waals surface area contributed by atoms with Gasteiger partial charge in [-0.25, -0.2) is 19.3 Å². The lowest BCUT2D eigenvalue weighted by Crippen LogP contribution is -2.29. The largest absolute Gasteiger partial charge is 0.493 e. The van der Waals surface area contributed by atoms with Crippen LogP contribution in [0.1, 0.15) is 55.2 Å². The first kappa shape index (κ1) is 25.1. The minimum absolute atomic E-state index is 0.0137. The summed E-state index contributed by atoms with van der Waals surface area (Å²) in [5.74, 6) is 1.33. The van der Waals surface area contributed by atoms with Crippen molar-refractivity contribution in [1.29, 1.82) is 5.41 Å². The first-order chi connectivity index (χ1) is 18.4. The molecule has 1 aliphatic carbocycles. The molecule has 4 aromatic rings. The monoisotopic (exact) mass is 517 g/mol. The van der Waals surface area contributed by atoms with E-state index in [1.54, 1.807) is 28.8 Å². The number of benzene rings is 2. The highest BCUT2D eigenvalue weighted by Gasteiger charge is 2.32. The highest BCUT2D eigenvalue weighted by molar-refractivity contribution is 6.16. The first-order valence-corrected chi connectivity index (χ1v) is 12.3. The highest BCUT2D eigenvalue weighted by atomic mass is 19.1. The Hall–Kier alpha value is -4.54. The summed E-state index contributed by atoms with van der Waals surface area (Å²) in [5, 5.41) is 12.3. The fourth-order valence-electron chi connectivity index (χ4n) is 4.56. The lowest BCUT2D eigenvalue weighted by atomic mass is 10.0. The zero-order valence-corrected chi connectivity index (χ0v) is 21.3. The summed E-state index contributed by atoms with van der Waals surface area (Å²) in [5.41, 5.74) is 7.04. The van der Waals surface area contributed by atoms with Crippen LogP contribution in [0.5, 0.6) is 11.5 Å². The summed E-state index contributed by atoms with van der Waals surface area (Å²) in [6.45, 7) is 1.95. The van der Waals surface area contributed by atoms with E-state index in [4.69, 9.17) is 25.6 Å². The Balaban J connectivity index is 1.59. The molecule has 2 heterocycles. The van der Waals surface area contributed by atoms with Crippen LogP contribution in [0, 0.1) is 11.2 Å².